The third kappa shape index (κ3) is 3.28. The summed E-state index contributed by atoms with van der Waals surface area (Å²) >= 11 is 0. The predicted octanol–water partition coefficient (Wildman–Crippen LogP) is 3.07. The maximum Gasteiger partial charge on any atom is 0.416 e. The first kappa shape index (κ1) is 17.5. The van der Waals surface area contributed by atoms with E-state index in [2.05, 4.69) is 10.3 Å². The molecule has 8 heteroatoms. The number of aromatic nitrogens is 2. The van der Waals surface area contributed by atoms with Gasteiger partial charge in [-0.3, -0.25) is 9.20 Å². The van der Waals surface area contributed by atoms with Gasteiger partial charge in [0.15, 0.2) is 5.69 Å². The SMILES string of the molecule is O=C(c1nc(-c2ccc(C(F)(F)F)cc2)n2ccccc12)N1CCNCC1. The Balaban J connectivity index is 1.77. The van der Waals surface area contributed by atoms with E-state index >= 15 is 0 Å². The van der Waals surface area contributed by atoms with Crippen LogP contribution in [-0.2, 0) is 6.18 Å². The smallest absolute Gasteiger partial charge is 0.335 e. The van der Waals surface area contributed by atoms with Gasteiger partial charge in [0.25, 0.3) is 5.91 Å². The van der Waals surface area contributed by atoms with Gasteiger partial charge in [0.05, 0.1) is 11.1 Å². The summed E-state index contributed by atoms with van der Waals surface area (Å²) in [5, 5.41) is 3.20. The van der Waals surface area contributed by atoms with Gasteiger partial charge in [-0.1, -0.05) is 18.2 Å². The van der Waals surface area contributed by atoms with Crippen molar-refractivity contribution in [3.05, 3.63) is 59.9 Å². The second kappa shape index (κ2) is 6.70. The van der Waals surface area contributed by atoms with Crippen molar-refractivity contribution in [3.8, 4) is 11.4 Å². The lowest BCUT2D eigenvalue weighted by Gasteiger charge is -2.26. The van der Waals surface area contributed by atoms with Crippen molar-refractivity contribution >= 4 is 11.4 Å². The summed E-state index contributed by atoms with van der Waals surface area (Å²) in [7, 11) is 0. The number of hydrogen-bond acceptors (Lipinski definition) is 3. The molecule has 0 unspecified atom stereocenters. The zero-order valence-electron chi connectivity index (χ0n) is 14.3. The van der Waals surface area contributed by atoms with Crippen LogP contribution in [0.15, 0.2) is 48.7 Å². The summed E-state index contributed by atoms with van der Waals surface area (Å²) in [4.78, 5) is 19.2. The van der Waals surface area contributed by atoms with E-state index in [1.807, 2.05) is 6.07 Å². The van der Waals surface area contributed by atoms with Crippen LogP contribution in [0.4, 0.5) is 13.2 Å². The highest BCUT2D eigenvalue weighted by Gasteiger charge is 2.30. The number of alkyl halides is 3. The lowest BCUT2D eigenvalue weighted by Crippen LogP contribution is -2.46. The maximum absolute atomic E-state index is 12.9. The Bertz CT molecular complexity index is 973. The van der Waals surface area contributed by atoms with E-state index in [1.54, 1.807) is 27.6 Å². The molecule has 0 saturated carbocycles. The molecule has 140 valence electrons. The Kier molecular flexibility index (Phi) is 4.35. The van der Waals surface area contributed by atoms with Crippen LogP contribution in [0.2, 0.25) is 0 Å². The monoisotopic (exact) mass is 374 g/mol. The van der Waals surface area contributed by atoms with E-state index in [0.717, 1.165) is 25.2 Å². The van der Waals surface area contributed by atoms with Crippen molar-refractivity contribution in [1.82, 2.24) is 19.6 Å². The van der Waals surface area contributed by atoms with Crippen LogP contribution in [-0.4, -0.2) is 46.4 Å². The number of imidazole rings is 1. The van der Waals surface area contributed by atoms with Crippen molar-refractivity contribution in [2.24, 2.45) is 0 Å². The third-order valence-electron chi connectivity index (χ3n) is 4.63. The van der Waals surface area contributed by atoms with Gasteiger partial charge in [0.2, 0.25) is 0 Å². The zero-order valence-corrected chi connectivity index (χ0v) is 14.3. The number of pyridine rings is 1. The number of fused-ring (bicyclic) bond motifs is 1. The standard InChI is InChI=1S/C19H17F3N4O/c20-19(21,22)14-6-4-13(5-7-14)17-24-16(15-3-1-2-10-26(15)17)18(27)25-11-8-23-9-12-25/h1-7,10,23H,8-9,11-12H2. The van der Waals surface area contributed by atoms with Gasteiger partial charge in [0.1, 0.15) is 5.82 Å². The van der Waals surface area contributed by atoms with Crippen LogP contribution in [0.3, 0.4) is 0 Å². The molecule has 0 radical (unpaired) electrons. The van der Waals surface area contributed by atoms with E-state index in [1.165, 1.54) is 12.1 Å². The largest absolute Gasteiger partial charge is 0.416 e. The van der Waals surface area contributed by atoms with Crippen molar-refractivity contribution in [2.45, 2.75) is 6.18 Å². The fraction of sp³-hybridized carbons (Fsp3) is 0.263. The van der Waals surface area contributed by atoms with Gasteiger partial charge >= 0.3 is 6.18 Å². The summed E-state index contributed by atoms with van der Waals surface area (Å²) < 4.78 is 40.2. The minimum atomic E-state index is -4.39. The molecule has 1 amide bonds. The highest BCUT2D eigenvalue weighted by Crippen LogP contribution is 2.31. The molecule has 0 aliphatic carbocycles. The third-order valence-corrected chi connectivity index (χ3v) is 4.63. The van der Waals surface area contributed by atoms with Gasteiger partial charge < -0.3 is 10.2 Å². The lowest BCUT2D eigenvalue weighted by molar-refractivity contribution is -0.137. The molecule has 1 aromatic carbocycles. The first-order valence-corrected chi connectivity index (χ1v) is 8.60. The second-order valence-corrected chi connectivity index (χ2v) is 6.36. The van der Waals surface area contributed by atoms with Crippen LogP contribution in [0.1, 0.15) is 16.1 Å². The van der Waals surface area contributed by atoms with Crippen molar-refractivity contribution in [2.75, 3.05) is 26.2 Å². The molecular weight excluding hydrogens is 357 g/mol. The topological polar surface area (TPSA) is 49.6 Å². The van der Waals surface area contributed by atoms with Crippen LogP contribution in [0, 0.1) is 0 Å². The van der Waals surface area contributed by atoms with Gasteiger partial charge in [-0.05, 0) is 24.3 Å². The maximum atomic E-state index is 12.9. The van der Waals surface area contributed by atoms with Gasteiger partial charge in [-0.15, -0.1) is 0 Å². The molecule has 0 atom stereocenters. The summed E-state index contributed by atoms with van der Waals surface area (Å²) in [6.45, 7) is 2.65. The number of benzene rings is 1. The Hall–Kier alpha value is -2.87. The predicted molar refractivity (Wildman–Crippen MR) is 94.4 cm³/mol. The van der Waals surface area contributed by atoms with E-state index in [9.17, 15) is 18.0 Å². The van der Waals surface area contributed by atoms with Crippen LogP contribution in [0.25, 0.3) is 16.9 Å². The van der Waals surface area contributed by atoms with Crippen molar-refractivity contribution in [1.29, 1.82) is 0 Å². The van der Waals surface area contributed by atoms with Crippen LogP contribution >= 0.6 is 0 Å². The number of halogens is 3. The minimum absolute atomic E-state index is 0.168. The normalized spacial score (nSPS) is 15.3. The zero-order chi connectivity index (χ0) is 19.0. The molecule has 4 rings (SSSR count). The molecule has 3 heterocycles. The molecular formula is C19H17F3N4O. The van der Waals surface area contributed by atoms with Crippen molar-refractivity contribution in [3.63, 3.8) is 0 Å². The molecule has 27 heavy (non-hydrogen) atoms. The fourth-order valence-corrected chi connectivity index (χ4v) is 3.22. The van der Waals surface area contributed by atoms with Gasteiger partial charge in [-0.25, -0.2) is 4.98 Å². The number of carbonyl (C=O) groups is 1. The molecule has 1 N–H and O–H groups in total. The van der Waals surface area contributed by atoms with E-state index in [4.69, 9.17) is 0 Å². The average Bonchev–Trinajstić information content (AvgIpc) is 3.07. The highest BCUT2D eigenvalue weighted by atomic mass is 19.4. The molecule has 3 aromatic rings. The number of nitrogens with one attached hydrogen (secondary N) is 1. The van der Waals surface area contributed by atoms with E-state index < -0.39 is 11.7 Å². The molecule has 1 saturated heterocycles. The van der Waals surface area contributed by atoms with Crippen molar-refractivity contribution < 1.29 is 18.0 Å². The first-order chi connectivity index (χ1) is 12.9. The minimum Gasteiger partial charge on any atom is -0.335 e. The fourth-order valence-electron chi connectivity index (χ4n) is 3.22. The number of carbonyl (C=O) groups excluding carboxylic acids is 1. The summed E-state index contributed by atoms with van der Waals surface area (Å²) in [6, 6.07) is 10.2. The molecule has 1 fully saturated rings. The number of amides is 1. The molecule has 1 aliphatic rings. The number of piperazine rings is 1. The van der Waals surface area contributed by atoms with Gasteiger partial charge in [0, 0.05) is 37.9 Å². The molecule has 0 spiro atoms. The summed E-state index contributed by atoms with van der Waals surface area (Å²) in [5.74, 6) is 0.274. The van der Waals surface area contributed by atoms with Crippen LogP contribution < -0.4 is 5.32 Å². The number of nitrogens with zero attached hydrogens (tertiary/aromatic N) is 3. The summed E-state index contributed by atoms with van der Waals surface area (Å²) in [5.41, 5.74) is 0.746. The Morgan fingerprint density at radius 3 is 2.41 bits per heavy atom. The lowest BCUT2D eigenvalue weighted by atomic mass is 10.1. The Morgan fingerprint density at radius 2 is 1.74 bits per heavy atom. The average molecular weight is 374 g/mol. The molecule has 1 aliphatic heterocycles. The quantitative estimate of drug-likeness (QED) is 0.750. The number of hydrogen-bond donors (Lipinski definition) is 1. The second-order valence-electron chi connectivity index (χ2n) is 6.36. The molecule has 0 bridgehead atoms. The Morgan fingerprint density at radius 1 is 1.04 bits per heavy atom. The Labute approximate surface area is 153 Å². The molecule has 5 nitrogen and oxygen atoms in total. The van der Waals surface area contributed by atoms with Crippen LogP contribution in [0.5, 0.6) is 0 Å². The van der Waals surface area contributed by atoms with E-state index in [-0.39, 0.29) is 5.91 Å². The van der Waals surface area contributed by atoms with Gasteiger partial charge in [-0.2, -0.15) is 13.2 Å². The molecule has 2 aromatic heterocycles. The number of rotatable bonds is 2. The summed E-state index contributed by atoms with van der Waals surface area (Å²) in [6.07, 6.45) is -2.64. The highest BCUT2D eigenvalue weighted by molar-refractivity contribution is 6.00. The first-order valence-electron chi connectivity index (χ1n) is 8.60. The van der Waals surface area contributed by atoms with E-state index in [0.29, 0.717) is 35.7 Å².